The number of hydrogen-bond donors (Lipinski definition) is 0. The third-order valence-corrected chi connectivity index (χ3v) is 4.16. The zero-order chi connectivity index (χ0) is 4.62. The molecule has 0 aliphatic carbocycles. The summed E-state index contributed by atoms with van der Waals surface area (Å²) in [5.74, 6) is 1.11. The maximum atomic E-state index is 5.74. The summed E-state index contributed by atoms with van der Waals surface area (Å²) in [4.78, 5) is 0. The van der Waals surface area contributed by atoms with Crippen molar-refractivity contribution in [1.29, 1.82) is 0 Å². The molecule has 0 aromatic rings. The molecule has 0 saturated carbocycles. The van der Waals surface area contributed by atoms with Crippen LogP contribution in [0.1, 0.15) is 0 Å². The van der Waals surface area contributed by atoms with Gasteiger partial charge in [0.1, 0.15) is 4.21 Å². The van der Waals surface area contributed by atoms with Crippen LogP contribution in [0.4, 0.5) is 0 Å². The third-order valence-electron chi connectivity index (χ3n) is 0.657. The molecule has 1 atom stereocenters. The molecule has 0 bridgehead atoms. The molecular weight excluding hydrogens is 183 g/mol. The molecule has 1 unspecified atom stereocenters. The van der Waals surface area contributed by atoms with E-state index >= 15 is 0 Å². The average Bonchev–Trinajstić information content (AvgIpc) is 2.22. The molecule has 1 heterocycles. The zero-order valence-corrected chi connectivity index (χ0v) is 6.24. The molecule has 0 aromatic heterocycles. The molecule has 1 aliphatic heterocycles. The molecule has 3 heteroatoms. The van der Waals surface area contributed by atoms with Crippen molar-refractivity contribution in [3.63, 3.8) is 0 Å². The molecule has 0 spiro atoms. The molecule has 1 saturated heterocycles. The van der Waals surface area contributed by atoms with Gasteiger partial charge in [0, 0.05) is 11.1 Å². The molecular formula is C3H4BrClS. The molecule has 36 valence electrons. The van der Waals surface area contributed by atoms with Crippen LogP contribution in [0.5, 0.6) is 0 Å². The largest absolute Gasteiger partial charge is 0.134 e. The Balaban J connectivity index is 2.28. The van der Waals surface area contributed by atoms with Crippen molar-refractivity contribution in [3.8, 4) is 0 Å². The van der Waals surface area contributed by atoms with E-state index in [4.69, 9.17) is 11.6 Å². The summed E-state index contributed by atoms with van der Waals surface area (Å²) < 4.78 is 0.0972. The normalized spacial score (nSPS) is 43.0. The SMILES string of the molecule is ClC1(CBr)CS1. The highest BCUT2D eigenvalue weighted by Crippen LogP contribution is 2.49. The van der Waals surface area contributed by atoms with Gasteiger partial charge in [0.05, 0.1) is 0 Å². The van der Waals surface area contributed by atoms with Crippen molar-refractivity contribution >= 4 is 39.3 Å². The highest BCUT2D eigenvalue weighted by Gasteiger charge is 2.40. The predicted molar refractivity (Wildman–Crippen MR) is 34.8 cm³/mol. The first-order chi connectivity index (χ1) is 2.77. The molecule has 0 amide bonds. The lowest BCUT2D eigenvalue weighted by Gasteiger charge is -1.89. The van der Waals surface area contributed by atoms with Gasteiger partial charge in [-0.25, -0.2) is 0 Å². The first-order valence-electron chi connectivity index (χ1n) is 1.66. The van der Waals surface area contributed by atoms with Gasteiger partial charge in [-0.3, -0.25) is 0 Å². The fourth-order valence-electron chi connectivity index (χ4n) is 0.155. The van der Waals surface area contributed by atoms with E-state index in [-0.39, 0.29) is 4.21 Å². The number of rotatable bonds is 1. The monoisotopic (exact) mass is 186 g/mol. The summed E-state index contributed by atoms with van der Waals surface area (Å²) in [6, 6.07) is 0. The summed E-state index contributed by atoms with van der Waals surface area (Å²) in [7, 11) is 0. The number of halogens is 2. The molecule has 0 nitrogen and oxygen atoms in total. The predicted octanol–water partition coefficient (Wildman–Crippen LogP) is 2.06. The van der Waals surface area contributed by atoms with Crippen LogP contribution < -0.4 is 0 Å². The Morgan fingerprint density at radius 1 is 2.00 bits per heavy atom. The van der Waals surface area contributed by atoms with E-state index in [9.17, 15) is 0 Å². The van der Waals surface area contributed by atoms with E-state index in [1.807, 2.05) is 0 Å². The van der Waals surface area contributed by atoms with Gasteiger partial charge >= 0.3 is 0 Å². The van der Waals surface area contributed by atoms with Crippen molar-refractivity contribution in [2.45, 2.75) is 4.21 Å². The standard InChI is InChI=1S/C3H4BrClS/c4-1-3(5)2-6-3/h1-2H2. The number of thioether (sulfide) groups is 1. The maximum absolute atomic E-state index is 5.74. The van der Waals surface area contributed by atoms with Crippen molar-refractivity contribution in [1.82, 2.24) is 0 Å². The molecule has 6 heavy (non-hydrogen) atoms. The molecule has 1 aliphatic rings. The minimum atomic E-state index is 0.0972. The van der Waals surface area contributed by atoms with Gasteiger partial charge in [0.15, 0.2) is 0 Å². The Morgan fingerprint density at radius 3 is 2.50 bits per heavy atom. The zero-order valence-electron chi connectivity index (χ0n) is 3.08. The fourth-order valence-corrected chi connectivity index (χ4v) is 1.60. The van der Waals surface area contributed by atoms with Gasteiger partial charge in [0.25, 0.3) is 0 Å². The minimum Gasteiger partial charge on any atom is -0.134 e. The highest BCUT2D eigenvalue weighted by atomic mass is 79.9. The van der Waals surface area contributed by atoms with Gasteiger partial charge in [-0.15, -0.1) is 23.4 Å². The Kier molecular flexibility index (Phi) is 1.37. The first-order valence-corrected chi connectivity index (χ1v) is 4.14. The van der Waals surface area contributed by atoms with E-state index in [2.05, 4.69) is 15.9 Å². The molecule has 1 fully saturated rings. The first kappa shape index (κ1) is 5.26. The Bertz CT molecular complexity index is 61.8. The van der Waals surface area contributed by atoms with E-state index in [1.165, 1.54) is 0 Å². The third kappa shape index (κ3) is 1.04. The summed E-state index contributed by atoms with van der Waals surface area (Å²) in [5.41, 5.74) is 0. The second kappa shape index (κ2) is 1.57. The van der Waals surface area contributed by atoms with Crippen molar-refractivity contribution in [2.75, 3.05) is 11.1 Å². The van der Waals surface area contributed by atoms with E-state index in [0.717, 1.165) is 11.1 Å². The van der Waals surface area contributed by atoms with Crippen LogP contribution in [0.3, 0.4) is 0 Å². The topological polar surface area (TPSA) is 0 Å². The Labute approximate surface area is 54.8 Å². The smallest absolute Gasteiger partial charge is 0.108 e. The maximum Gasteiger partial charge on any atom is 0.108 e. The van der Waals surface area contributed by atoms with Crippen molar-refractivity contribution in [3.05, 3.63) is 0 Å². The lowest BCUT2D eigenvalue weighted by molar-refractivity contribution is 1.17. The lowest BCUT2D eigenvalue weighted by Crippen LogP contribution is -1.96. The van der Waals surface area contributed by atoms with Gasteiger partial charge in [-0.2, -0.15) is 0 Å². The summed E-state index contributed by atoms with van der Waals surface area (Å²) in [6.45, 7) is 0. The van der Waals surface area contributed by atoms with E-state index in [1.54, 1.807) is 11.8 Å². The van der Waals surface area contributed by atoms with E-state index in [0.29, 0.717) is 0 Å². The minimum absolute atomic E-state index is 0.0972. The molecule has 1 rings (SSSR count). The molecule has 0 N–H and O–H groups in total. The van der Waals surface area contributed by atoms with Gasteiger partial charge in [-0.1, -0.05) is 15.9 Å². The average molecular weight is 187 g/mol. The van der Waals surface area contributed by atoms with Crippen molar-refractivity contribution < 1.29 is 0 Å². The van der Waals surface area contributed by atoms with Crippen LogP contribution in [-0.2, 0) is 0 Å². The Morgan fingerprint density at radius 2 is 2.50 bits per heavy atom. The summed E-state index contributed by atoms with van der Waals surface area (Å²) >= 11 is 10.8. The van der Waals surface area contributed by atoms with Crippen LogP contribution in [-0.4, -0.2) is 15.3 Å². The quantitative estimate of drug-likeness (QED) is 0.447. The van der Waals surface area contributed by atoms with Crippen LogP contribution in [0.25, 0.3) is 0 Å². The van der Waals surface area contributed by atoms with Crippen LogP contribution >= 0.6 is 39.3 Å². The van der Waals surface area contributed by atoms with Gasteiger partial charge in [0.2, 0.25) is 0 Å². The fraction of sp³-hybridized carbons (Fsp3) is 1.00. The summed E-state index contributed by atoms with van der Waals surface area (Å²) in [5, 5.41) is 0.923. The molecule has 0 aromatic carbocycles. The lowest BCUT2D eigenvalue weighted by atomic mass is 10.6. The van der Waals surface area contributed by atoms with Crippen LogP contribution in [0.15, 0.2) is 0 Å². The van der Waals surface area contributed by atoms with Crippen LogP contribution in [0.2, 0.25) is 0 Å². The van der Waals surface area contributed by atoms with Crippen molar-refractivity contribution in [2.24, 2.45) is 0 Å². The molecule has 0 radical (unpaired) electrons. The van der Waals surface area contributed by atoms with Gasteiger partial charge < -0.3 is 0 Å². The summed E-state index contributed by atoms with van der Waals surface area (Å²) in [6.07, 6.45) is 0. The highest BCUT2D eigenvalue weighted by molar-refractivity contribution is 9.09. The van der Waals surface area contributed by atoms with Crippen LogP contribution in [0, 0.1) is 0 Å². The van der Waals surface area contributed by atoms with Gasteiger partial charge in [-0.05, 0) is 0 Å². The number of alkyl halides is 2. The second-order valence-electron chi connectivity index (χ2n) is 1.31. The van der Waals surface area contributed by atoms with E-state index < -0.39 is 0 Å². The number of hydrogen-bond acceptors (Lipinski definition) is 1. The Hall–Kier alpha value is 1.12. The second-order valence-corrected chi connectivity index (χ2v) is 4.17.